The van der Waals surface area contributed by atoms with Gasteiger partial charge in [0.25, 0.3) is 0 Å². The molecule has 1 aromatic heterocycles. The molecule has 1 aliphatic rings. The maximum Gasteiger partial charge on any atom is 0.217 e. The highest BCUT2D eigenvalue weighted by Gasteiger charge is 2.29. The molecular weight excluding hydrogens is 298 g/mol. The fourth-order valence-electron chi connectivity index (χ4n) is 1.59. The minimum atomic E-state index is -0.993. The van der Waals surface area contributed by atoms with Gasteiger partial charge in [0.15, 0.2) is 0 Å². The highest BCUT2D eigenvalue weighted by molar-refractivity contribution is 9.10. The lowest BCUT2D eigenvalue weighted by molar-refractivity contribution is 0.0759. The molecular formula is C11H20BrN3OSi. The predicted molar refractivity (Wildman–Crippen MR) is 73.8 cm³/mol. The van der Waals surface area contributed by atoms with Gasteiger partial charge in [0, 0.05) is 20.6 Å². The first kappa shape index (κ1) is 13.2. The van der Waals surface area contributed by atoms with Crippen LogP contribution in [0.2, 0.25) is 25.7 Å². The Labute approximate surface area is 112 Å². The quantitative estimate of drug-likeness (QED) is 0.597. The van der Waals surface area contributed by atoms with E-state index in [1.165, 1.54) is 18.9 Å². The maximum atomic E-state index is 5.70. The molecule has 0 N–H and O–H groups in total. The third-order valence-corrected chi connectivity index (χ3v) is 4.87. The third-order valence-electron chi connectivity index (χ3n) is 2.83. The van der Waals surface area contributed by atoms with Crippen molar-refractivity contribution in [3.63, 3.8) is 0 Å². The zero-order chi connectivity index (χ0) is 12.5. The molecule has 96 valence electrons. The molecule has 0 atom stereocenters. The van der Waals surface area contributed by atoms with Crippen LogP contribution in [0, 0.1) is 0 Å². The van der Waals surface area contributed by atoms with Gasteiger partial charge in [-0.15, -0.1) is 5.10 Å². The topological polar surface area (TPSA) is 39.9 Å². The molecule has 1 aliphatic carbocycles. The lowest BCUT2D eigenvalue weighted by atomic mass is 10.4. The molecule has 17 heavy (non-hydrogen) atoms. The van der Waals surface area contributed by atoms with E-state index in [0.717, 1.165) is 12.4 Å². The summed E-state index contributed by atoms with van der Waals surface area (Å²) < 4.78 is 8.27. The third kappa shape index (κ3) is 4.19. The Hall–Kier alpha value is -0.203. The Morgan fingerprint density at radius 2 is 2.12 bits per heavy atom. The summed E-state index contributed by atoms with van der Waals surface area (Å²) in [6.45, 7) is 8.44. The van der Waals surface area contributed by atoms with Crippen molar-refractivity contribution in [3.8, 4) is 0 Å². The van der Waals surface area contributed by atoms with Gasteiger partial charge >= 0.3 is 0 Å². The Morgan fingerprint density at radius 1 is 1.41 bits per heavy atom. The summed E-state index contributed by atoms with van der Waals surface area (Å²) in [4.78, 5) is 4.40. The number of hydrogen-bond acceptors (Lipinski definition) is 3. The monoisotopic (exact) mass is 317 g/mol. The molecule has 0 bridgehead atoms. The smallest absolute Gasteiger partial charge is 0.217 e. The molecule has 0 radical (unpaired) electrons. The van der Waals surface area contributed by atoms with Crippen LogP contribution in [0.4, 0.5) is 0 Å². The highest BCUT2D eigenvalue weighted by Crippen LogP contribution is 2.39. The molecule has 2 rings (SSSR count). The summed E-state index contributed by atoms with van der Waals surface area (Å²) in [5.41, 5.74) is 0. The number of rotatable bonds is 6. The first-order valence-corrected chi connectivity index (χ1v) is 10.6. The molecule has 1 fully saturated rings. The highest BCUT2D eigenvalue weighted by atomic mass is 79.9. The lowest BCUT2D eigenvalue weighted by Gasteiger charge is -2.15. The summed E-state index contributed by atoms with van der Waals surface area (Å²) in [5.74, 6) is 1.68. The second-order valence-corrected chi connectivity index (χ2v) is 12.2. The molecule has 1 aromatic rings. The SMILES string of the molecule is C[Si](C)(C)CCOCn1nc(Br)nc1C1CC1. The van der Waals surface area contributed by atoms with Crippen LogP contribution in [0.5, 0.6) is 0 Å². The van der Waals surface area contributed by atoms with Crippen molar-refractivity contribution in [2.75, 3.05) is 6.61 Å². The maximum absolute atomic E-state index is 5.70. The number of hydrogen-bond donors (Lipinski definition) is 0. The minimum Gasteiger partial charge on any atom is -0.359 e. The predicted octanol–water partition coefficient (Wildman–Crippen LogP) is 3.23. The zero-order valence-corrected chi connectivity index (χ0v) is 13.3. The van der Waals surface area contributed by atoms with Gasteiger partial charge in [0.2, 0.25) is 4.73 Å². The van der Waals surface area contributed by atoms with Crippen LogP contribution in [-0.2, 0) is 11.5 Å². The van der Waals surface area contributed by atoms with Crippen LogP contribution < -0.4 is 0 Å². The van der Waals surface area contributed by atoms with E-state index in [1.54, 1.807) is 0 Å². The molecule has 0 aliphatic heterocycles. The Kier molecular flexibility index (Phi) is 4.05. The second kappa shape index (κ2) is 5.20. The first-order chi connectivity index (χ1) is 7.96. The molecule has 0 aromatic carbocycles. The van der Waals surface area contributed by atoms with Crippen LogP contribution in [0.1, 0.15) is 24.6 Å². The van der Waals surface area contributed by atoms with E-state index >= 15 is 0 Å². The van der Waals surface area contributed by atoms with Crippen molar-refractivity contribution in [1.29, 1.82) is 0 Å². The fraction of sp³-hybridized carbons (Fsp3) is 0.818. The number of aromatic nitrogens is 3. The van der Waals surface area contributed by atoms with Gasteiger partial charge in [-0.1, -0.05) is 19.6 Å². The van der Waals surface area contributed by atoms with E-state index in [9.17, 15) is 0 Å². The van der Waals surface area contributed by atoms with E-state index in [-0.39, 0.29) is 0 Å². The molecule has 0 unspecified atom stereocenters. The largest absolute Gasteiger partial charge is 0.359 e. The Balaban J connectivity index is 1.82. The molecule has 0 saturated heterocycles. The van der Waals surface area contributed by atoms with Crippen molar-refractivity contribution >= 4 is 24.0 Å². The number of nitrogens with zero attached hydrogens (tertiary/aromatic N) is 3. The van der Waals surface area contributed by atoms with Gasteiger partial charge in [-0.25, -0.2) is 9.67 Å². The first-order valence-electron chi connectivity index (χ1n) is 6.14. The van der Waals surface area contributed by atoms with Crippen LogP contribution in [0.15, 0.2) is 4.73 Å². The summed E-state index contributed by atoms with van der Waals surface area (Å²) in [6.07, 6.45) is 2.47. The van der Waals surface area contributed by atoms with E-state index in [1.807, 2.05) is 4.68 Å². The van der Waals surface area contributed by atoms with Crippen molar-refractivity contribution in [1.82, 2.24) is 14.8 Å². The molecule has 1 heterocycles. The van der Waals surface area contributed by atoms with Gasteiger partial charge in [0.05, 0.1) is 0 Å². The summed E-state index contributed by atoms with van der Waals surface area (Å²) in [6, 6.07) is 1.20. The average molecular weight is 318 g/mol. The second-order valence-electron chi connectivity index (χ2n) is 5.86. The fourth-order valence-corrected chi connectivity index (χ4v) is 2.72. The van der Waals surface area contributed by atoms with Gasteiger partial charge in [-0.2, -0.15) is 0 Å². The number of halogens is 1. The van der Waals surface area contributed by atoms with E-state index in [2.05, 4.69) is 45.7 Å². The summed E-state index contributed by atoms with van der Waals surface area (Å²) in [5, 5.41) is 4.31. The van der Waals surface area contributed by atoms with E-state index < -0.39 is 8.07 Å². The van der Waals surface area contributed by atoms with Crippen molar-refractivity contribution in [2.45, 2.75) is 51.2 Å². The molecule has 4 nitrogen and oxygen atoms in total. The van der Waals surface area contributed by atoms with Gasteiger partial charge < -0.3 is 4.74 Å². The van der Waals surface area contributed by atoms with Crippen LogP contribution in [0.25, 0.3) is 0 Å². The molecule has 0 spiro atoms. The molecule has 0 amide bonds. The van der Waals surface area contributed by atoms with E-state index in [0.29, 0.717) is 17.4 Å². The Bertz CT molecular complexity index is 385. The van der Waals surface area contributed by atoms with Gasteiger partial charge in [0.1, 0.15) is 12.6 Å². The van der Waals surface area contributed by atoms with Crippen molar-refractivity contribution in [3.05, 3.63) is 10.6 Å². The minimum absolute atomic E-state index is 0.537. The normalized spacial score (nSPS) is 16.5. The summed E-state index contributed by atoms with van der Waals surface area (Å²) >= 11 is 3.33. The van der Waals surface area contributed by atoms with Crippen LogP contribution >= 0.6 is 15.9 Å². The van der Waals surface area contributed by atoms with Crippen LogP contribution in [0.3, 0.4) is 0 Å². The van der Waals surface area contributed by atoms with E-state index in [4.69, 9.17) is 4.74 Å². The van der Waals surface area contributed by atoms with Crippen LogP contribution in [-0.4, -0.2) is 29.4 Å². The summed E-state index contributed by atoms with van der Waals surface area (Å²) in [7, 11) is -0.993. The van der Waals surface area contributed by atoms with Gasteiger partial charge in [-0.3, -0.25) is 0 Å². The number of ether oxygens (including phenoxy) is 1. The molecule has 1 saturated carbocycles. The molecule has 6 heteroatoms. The van der Waals surface area contributed by atoms with Crippen molar-refractivity contribution in [2.24, 2.45) is 0 Å². The van der Waals surface area contributed by atoms with Gasteiger partial charge in [-0.05, 0) is 34.8 Å². The Morgan fingerprint density at radius 3 is 2.71 bits per heavy atom. The lowest BCUT2D eigenvalue weighted by Crippen LogP contribution is -2.22. The zero-order valence-electron chi connectivity index (χ0n) is 10.7. The standard InChI is InChI=1S/C11H20BrN3OSi/c1-17(2,3)7-6-16-8-15-10(9-4-5-9)13-11(12)14-15/h9H,4-8H2,1-3H3. The average Bonchev–Trinajstić information content (AvgIpc) is 2.97. The van der Waals surface area contributed by atoms with Crippen molar-refractivity contribution < 1.29 is 4.74 Å².